The Balaban J connectivity index is 0.749. The molecule has 59 heavy (non-hydrogen) atoms. The minimum absolute atomic E-state index is 0.970. The molecule has 308 valence electrons. The number of unbranched alkanes of at least 4 members (excludes halogenated alkanes) is 2. The van der Waals surface area contributed by atoms with Crippen LogP contribution in [0, 0.1) is 0 Å². The second kappa shape index (κ2) is 18.1. The Hall–Kier alpha value is -4.34. The van der Waals surface area contributed by atoms with E-state index in [0.717, 1.165) is 35.1 Å². The van der Waals surface area contributed by atoms with Crippen LogP contribution in [0.4, 0.5) is 22.7 Å². The summed E-state index contributed by atoms with van der Waals surface area (Å²) < 4.78 is 2.20. The monoisotopic (exact) mass is 824 g/mol. The number of para-hydroxylation sites is 4. The van der Waals surface area contributed by atoms with E-state index in [4.69, 9.17) is 0 Å². The number of quaternary nitrogens is 2. The highest BCUT2D eigenvalue weighted by Crippen LogP contribution is 2.48. The molecule has 8 rings (SSSR count). The lowest BCUT2D eigenvalue weighted by molar-refractivity contribution is -0.909. The van der Waals surface area contributed by atoms with Crippen LogP contribution in [0.5, 0.6) is 0 Å². The molecule has 0 saturated carbocycles. The Morgan fingerprint density at radius 3 is 1.27 bits per heavy atom. The third kappa shape index (κ3) is 9.68. The van der Waals surface area contributed by atoms with E-state index in [2.05, 4.69) is 183 Å². The van der Waals surface area contributed by atoms with E-state index >= 15 is 0 Å². The highest BCUT2D eigenvalue weighted by molar-refractivity contribution is 8.04. The number of nitrogens with zero attached hydrogens (tertiary/aromatic N) is 6. The van der Waals surface area contributed by atoms with Crippen LogP contribution in [0.3, 0.4) is 0 Å². The Bertz CT molecular complexity index is 2090. The molecule has 0 atom stereocenters. The third-order valence-electron chi connectivity index (χ3n) is 12.7. The standard InChI is InChI=1S/C51H64N6S2/c1-52-46-24-11-13-26-48(46)58-50(52)38-40-28-32-54(44-22-9-7-20-42(40)44)30-15-17-34-56(3,4)36-19-37-57(5,6)35-18-16-31-55-33-29-41(43-21-8-10-23-45(43)55)39-51-53(2)47-25-12-14-27-49(47)59-51/h7-14,20-29,38-39H,15-19,30-37H2,1-6H3/q+2. The van der Waals surface area contributed by atoms with Crippen molar-refractivity contribution in [2.75, 3.05) is 114 Å². The van der Waals surface area contributed by atoms with Crippen molar-refractivity contribution in [3.63, 3.8) is 0 Å². The van der Waals surface area contributed by atoms with E-state index in [1.54, 1.807) is 0 Å². The van der Waals surface area contributed by atoms with E-state index in [1.807, 2.05) is 23.5 Å². The van der Waals surface area contributed by atoms with Crippen molar-refractivity contribution in [1.29, 1.82) is 0 Å². The van der Waals surface area contributed by atoms with Crippen molar-refractivity contribution < 1.29 is 8.97 Å². The van der Waals surface area contributed by atoms with Crippen molar-refractivity contribution in [2.24, 2.45) is 0 Å². The highest BCUT2D eigenvalue weighted by atomic mass is 32.2. The van der Waals surface area contributed by atoms with Crippen LogP contribution in [0.15, 0.2) is 141 Å². The molecule has 4 aromatic carbocycles. The summed E-state index contributed by atoms with van der Waals surface area (Å²) in [6, 6.07) is 35.4. The molecule has 0 N–H and O–H groups in total. The van der Waals surface area contributed by atoms with Gasteiger partial charge in [0.25, 0.3) is 0 Å². The van der Waals surface area contributed by atoms with Gasteiger partial charge in [-0.05, 0) is 85.4 Å². The number of thioether (sulfide) groups is 2. The molecule has 4 aliphatic heterocycles. The van der Waals surface area contributed by atoms with Gasteiger partial charge in [-0.1, -0.05) is 96.3 Å². The fourth-order valence-corrected chi connectivity index (χ4v) is 11.3. The van der Waals surface area contributed by atoms with Crippen LogP contribution in [0.2, 0.25) is 0 Å². The maximum atomic E-state index is 2.59. The van der Waals surface area contributed by atoms with Crippen LogP contribution in [-0.2, 0) is 0 Å². The minimum atomic E-state index is 0.970. The van der Waals surface area contributed by atoms with E-state index in [0.29, 0.717) is 0 Å². The minimum Gasteiger partial charge on any atom is -0.367 e. The van der Waals surface area contributed by atoms with Crippen molar-refractivity contribution >= 4 is 57.4 Å². The molecule has 0 fully saturated rings. The summed E-state index contributed by atoms with van der Waals surface area (Å²) in [5, 5.41) is 2.59. The first kappa shape index (κ1) is 41.4. The lowest BCUT2D eigenvalue weighted by Gasteiger charge is -2.34. The first-order valence-corrected chi connectivity index (χ1v) is 23.4. The van der Waals surface area contributed by atoms with Crippen molar-refractivity contribution in [2.45, 2.75) is 41.9 Å². The predicted molar refractivity (Wildman–Crippen MR) is 258 cm³/mol. The van der Waals surface area contributed by atoms with Gasteiger partial charge in [-0.3, -0.25) is 0 Å². The summed E-state index contributed by atoms with van der Waals surface area (Å²) in [5.41, 5.74) is 10.7. The third-order valence-corrected chi connectivity index (χ3v) is 15.0. The smallest absolute Gasteiger partial charge is 0.0836 e. The van der Waals surface area contributed by atoms with Crippen molar-refractivity contribution in [3.05, 3.63) is 143 Å². The van der Waals surface area contributed by atoms with Gasteiger partial charge in [-0.25, -0.2) is 0 Å². The molecule has 0 unspecified atom stereocenters. The lowest BCUT2D eigenvalue weighted by atomic mass is 9.98. The summed E-state index contributed by atoms with van der Waals surface area (Å²) in [4.78, 5) is 12.5. The first-order chi connectivity index (χ1) is 28.6. The second-order valence-corrected chi connectivity index (χ2v) is 20.1. The van der Waals surface area contributed by atoms with Gasteiger partial charge in [0.2, 0.25) is 0 Å². The molecule has 0 saturated heterocycles. The Kier molecular flexibility index (Phi) is 12.7. The van der Waals surface area contributed by atoms with Crippen LogP contribution in [-0.4, -0.2) is 104 Å². The number of benzene rings is 4. The molecular weight excluding hydrogens is 761 g/mol. The van der Waals surface area contributed by atoms with Crippen LogP contribution >= 0.6 is 23.5 Å². The zero-order valence-corrected chi connectivity index (χ0v) is 37.9. The highest BCUT2D eigenvalue weighted by Gasteiger charge is 2.26. The molecule has 8 heteroatoms. The predicted octanol–water partition coefficient (Wildman–Crippen LogP) is 11.1. The number of fused-ring (bicyclic) bond motifs is 4. The summed E-state index contributed by atoms with van der Waals surface area (Å²) in [6.07, 6.45) is 15.8. The van der Waals surface area contributed by atoms with Crippen LogP contribution in [0.1, 0.15) is 43.2 Å². The maximum absolute atomic E-state index is 2.59. The SMILES string of the molecule is CN1C(=CC2=CCN(CCCC[N+](C)(C)CCC[N+](C)(C)CCCCN3CC=C(C=C4Sc5ccccc5N4C)c4ccccc43)c3ccccc32)Sc2ccccc21. The summed E-state index contributed by atoms with van der Waals surface area (Å²) >= 11 is 3.75. The van der Waals surface area contributed by atoms with Gasteiger partial charge in [-0.2, -0.15) is 0 Å². The normalized spacial score (nSPS) is 17.6. The summed E-state index contributed by atoms with van der Waals surface area (Å²) in [6.45, 7) is 9.08. The number of anilines is 4. The largest absolute Gasteiger partial charge is 0.367 e. The molecule has 0 spiro atoms. The maximum Gasteiger partial charge on any atom is 0.0836 e. The molecular formula is C51H64N6S2+2. The van der Waals surface area contributed by atoms with Crippen LogP contribution < -0.4 is 19.6 Å². The second-order valence-electron chi connectivity index (χ2n) is 18.0. The molecule has 0 radical (unpaired) electrons. The van der Waals surface area contributed by atoms with Gasteiger partial charge < -0.3 is 28.6 Å². The van der Waals surface area contributed by atoms with E-state index in [1.165, 1.54) is 123 Å². The summed E-state index contributed by atoms with van der Waals surface area (Å²) in [7, 11) is 14.1. The zero-order chi connectivity index (χ0) is 41.0. The van der Waals surface area contributed by atoms with E-state index in [-0.39, 0.29) is 0 Å². The van der Waals surface area contributed by atoms with E-state index in [9.17, 15) is 0 Å². The molecule has 0 bridgehead atoms. The molecule has 4 aliphatic rings. The zero-order valence-electron chi connectivity index (χ0n) is 36.2. The van der Waals surface area contributed by atoms with Gasteiger partial charge in [0.05, 0.1) is 75.8 Å². The quantitative estimate of drug-likeness (QED) is 0.0819. The topological polar surface area (TPSA) is 13.0 Å². The molecule has 0 amide bonds. The van der Waals surface area contributed by atoms with Crippen LogP contribution in [0.25, 0.3) is 11.1 Å². The summed E-state index contributed by atoms with van der Waals surface area (Å²) in [5.74, 6) is 0. The fourth-order valence-electron chi connectivity index (χ4n) is 9.11. The molecule has 6 nitrogen and oxygen atoms in total. The Morgan fingerprint density at radius 1 is 0.475 bits per heavy atom. The van der Waals surface area contributed by atoms with Gasteiger partial charge in [0, 0.05) is 79.0 Å². The Morgan fingerprint density at radius 2 is 0.847 bits per heavy atom. The molecule has 4 aromatic rings. The van der Waals surface area contributed by atoms with Crippen molar-refractivity contribution in [3.8, 4) is 0 Å². The van der Waals surface area contributed by atoms with Gasteiger partial charge in [-0.15, -0.1) is 0 Å². The molecule has 4 heterocycles. The average molecular weight is 825 g/mol. The fraction of sp³-hybridized carbons (Fsp3) is 0.373. The van der Waals surface area contributed by atoms with E-state index < -0.39 is 0 Å². The number of hydrogen-bond acceptors (Lipinski definition) is 6. The number of hydrogen-bond donors (Lipinski definition) is 0. The van der Waals surface area contributed by atoms with Gasteiger partial charge >= 0.3 is 0 Å². The molecule has 0 aliphatic carbocycles. The number of allylic oxidation sites excluding steroid dienone is 4. The average Bonchev–Trinajstić information content (AvgIpc) is 3.73. The molecule has 0 aromatic heterocycles. The van der Waals surface area contributed by atoms with Crippen molar-refractivity contribution in [1.82, 2.24) is 0 Å². The Labute approximate surface area is 363 Å². The number of rotatable bonds is 16. The van der Waals surface area contributed by atoms with Gasteiger partial charge in [0.15, 0.2) is 0 Å². The first-order valence-electron chi connectivity index (χ1n) is 21.7. The lowest BCUT2D eigenvalue weighted by Crippen LogP contribution is -2.46. The van der Waals surface area contributed by atoms with Gasteiger partial charge in [0.1, 0.15) is 0 Å².